The zero-order valence-electron chi connectivity index (χ0n) is 13.4. The van der Waals surface area contributed by atoms with Crippen LogP contribution >= 0.6 is 11.8 Å². The molecule has 0 amide bonds. The van der Waals surface area contributed by atoms with Crippen molar-refractivity contribution in [2.75, 3.05) is 13.1 Å². The van der Waals surface area contributed by atoms with Gasteiger partial charge in [-0.25, -0.2) is 0 Å². The van der Waals surface area contributed by atoms with E-state index in [-0.39, 0.29) is 0 Å². The molecule has 1 nitrogen and oxygen atoms in total. The van der Waals surface area contributed by atoms with Gasteiger partial charge in [0.15, 0.2) is 0 Å². The Kier molecular flexibility index (Phi) is 5.01. The van der Waals surface area contributed by atoms with Crippen molar-refractivity contribution in [3.63, 3.8) is 0 Å². The third kappa shape index (κ3) is 3.82. The van der Waals surface area contributed by atoms with Crippen molar-refractivity contribution in [2.45, 2.75) is 36.5 Å². The molecule has 1 N–H and O–H groups in total. The van der Waals surface area contributed by atoms with Crippen molar-refractivity contribution >= 4 is 17.8 Å². The first kappa shape index (κ1) is 15.4. The van der Waals surface area contributed by atoms with Crippen molar-refractivity contribution < 1.29 is 0 Å². The van der Waals surface area contributed by atoms with E-state index in [4.69, 9.17) is 0 Å². The molecule has 2 aromatic carbocycles. The molecular weight excluding hydrogens is 286 g/mol. The highest BCUT2D eigenvalue weighted by atomic mass is 32.2. The maximum absolute atomic E-state index is 3.42. The Hall–Kier alpha value is -1.51. The molecule has 3 rings (SSSR count). The van der Waals surface area contributed by atoms with Crippen LogP contribution in [0.15, 0.2) is 57.8 Å². The van der Waals surface area contributed by atoms with Gasteiger partial charge in [0.05, 0.1) is 0 Å². The first-order valence-corrected chi connectivity index (χ1v) is 8.78. The minimum absolute atomic E-state index is 1.11. The third-order valence-electron chi connectivity index (χ3n) is 4.07. The van der Waals surface area contributed by atoms with E-state index in [2.05, 4.69) is 67.7 Å². The van der Waals surface area contributed by atoms with E-state index >= 15 is 0 Å². The minimum atomic E-state index is 1.11. The number of aryl methyl sites for hydroxylation is 2. The van der Waals surface area contributed by atoms with Crippen LogP contribution in [0.25, 0.3) is 6.08 Å². The second-order valence-corrected chi connectivity index (χ2v) is 7.05. The van der Waals surface area contributed by atoms with Crippen LogP contribution in [0.5, 0.6) is 0 Å². The summed E-state index contributed by atoms with van der Waals surface area (Å²) in [7, 11) is 0. The lowest BCUT2D eigenvalue weighted by molar-refractivity contribution is 0.613. The fourth-order valence-electron chi connectivity index (χ4n) is 2.84. The number of hydrogen-bond donors (Lipinski definition) is 1. The summed E-state index contributed by atoms with van der Waals surface area (Å²) in [6.45, 7) is 6.57. The highest BCUT2D eigenvalue weighted by molar-refractivity contribution is 7.99. The maximum Gasteiger partial charge on any atom is 0.0194 e. The van der Waals surface area contributed by atoms with E-state index in [9.17, 15) is 0 Å². The molecule has 0 aliphatic carbocycles. The van der Waals surface area contributed by atoms with Crippen LogP contribution in [0.3, 0.4) is 0 Å². The van der Waals surface area contributed by atoms with Gasteiger partial charge in [0.25, 0.3) is 0 Å². The van der Waals surface area contributed by atoms with E-state index in [1.54, 1.807) is 5.57 Å². The summed E-state index contributed by atoms with van der Waals surface area (Å²) in [5.41, 5.74) is 5.60. The zero-order chi connectivity index (χ0) is 15.4. The van der Waals surface area contributed by atoms with Crippen molar-refractivity contribution in [2.24, 2.45) is 0 Å². The molecule has 0 saturated carbocycles. The Labute approximate surface area is 137 Å². The lowest BCUT2D eigenvalue weighted by atomic mass is 10.0. The molecule has 2 heteroatoms. The van der Waals surface area contributed by atoms with E-state index in [0.29, 0.717) is 0 Å². The Bertz CT molecular complexity index is 680. The molecule has 0 aromatic heterocycles. The van der Waals surface area contributed by atoms with Gasteiger partial charge in [0, 0.05) is 9.79 Å². The average Bonchev–Trinajstić information content (AvgIpc) is 2.53. The van der Waals surface area contributed by atoms with E-state index in [1.165, 1.54) is 39.3 Å². The minimum Gasteiger partial charge on any atom is -0.316 e. The van der Waals surface area contributed by atoms with Gasteiger partial charge in [-0.3, -0.25) is 0 Å². The highest BCUT2D eigenvalue weighted by Gasteiger charge is 2.08. The van der Waals surface area contributed by atoms with Crippen molar-refractivity contribution in [3.05, 3.63) is 64.7 Å². The van der Waals surface area contributed by atoms with Gasteiger partial charge in [0.1, 0.15) is 0 Å². The van der Waals surface area contributed by atoms with E-state index in [1.807, 2.05) is 11.8 Å². The van der Waals surface area contributed by atoms with Gasteiger partial charge in [-0.05, 0) is 63.0 Å². The van der Waals surface area contributed by atoms with E-state index in [0.717, 1.165) is 13.1 Å². The predicted octanol–water partition coefficient (Wildman–Crippen LogP) is 5.22. The van der Waals surface area contributed by atoms with Crippen LogP contribution < -0.4 is 5.32 Å². The van der Waals surface area contributed by atoms with Gasteiger partial charge in [0.2, 0.25) is 0 Å². The number of nitrogens with one attached hydrogen (secondary N) is 1. The molecule has 2 aromatic rings. The van der Waals surface area contributed by atoms with E-state index < -0.39 is 0 Å². The molecule has 0 unspecified atom stereocenters. The van der Waals surface area contributed by atoms with Crippen LogP contribution in [0.1, 0.15) is 29.5 Å². The Morgan fingerprint density at radius 2 is 1.73 bits per heavy atom. The number of hydrogen-bond acceptors (Lipinski definition) is 2. The molecule has 0 radical (unpaired) electrons. The molecular formula is C20H23NS. The van der Waals surface area contributed by atoms with Crippen LogP contribution in [0, 0.1) is 13.8 Å². The van der Waals surface area contributed by atoms with Crippen molar-refractivity contribution in [1.82, 2.24) is 5.32 Å². The average molecular weight is 309 g/mol. The molecule has 1 aliphatic heterocycles. The Balaban J connectivity index is 1.87. The van der Waals surface area contributed by atoms with Gasteiger partial charge in [-0.2, -0.15) is 0 Å². The number of benzene rings is 2. The smallest absolute Gasteiger partial charge is 0.0194 e. The number of piperidine rings is 1. The second-order valence-electron chi connectivity index (χ2n) is 5.96. The van der Waals surface area contributed by atoms with Gasteiger partial charge >= 0.3 is 0 Å². The molecule has 0 spiro atoms. The normalized spacial score (nSPS) is 14.9. The van der Waals surface area contributed by atoms with Gasteiger partial charge < -0.3 is 5.32 Å². The standard InChI is InChI=1S/C20H23NS/c1-15-7-8-19(16(2)13-15)22-20-6-4-3-5-18(20)14-17-9-11-21-12-10-17/h3-8,13-14,21H,9-12H2,1-2H3. The van der Waals surface area contributed by atoms with Crippen LogP contribution in [0.2, 0.25) is 0 Å². The molecule has 0 atom stereocenters. The molecule has 1 heterocycles. The fraction of sp³-hybridized carbons (Fsp3) is 0.300. The predicted molar refractivity (Wildman–Crippen MR) is 96.6 cm³/mol. The largest absolute Gasteiger partial charge is 0.316 e. The van der Waals surface area contributed by atoms with Crippen LogP contribution in [-0.4, -0.2) is 13.1 Å². The maximum atomic E-state index is 3.42. The second kappa shape index (κ2) is 7.17. The molecule has 1 fully saturated rings. The summed E-state index contributed by atoms with van der Waals surface area (Å²) < 4.78 is 0. The summed E-state index contributed by atoms with van der Waals surface area (Å²) in [5, 5.41) is 3.42. The molecule has 0 bridgehead atoms. The lowest BCUT2D eigenvalue weighted by Gasteiger charge is -2.16. The van der Waals surface area contributed by atoms with Crippen molar-refractivity contribution in [3.8, 4) is 0 Å². The van der Waals surface area contributed by atoms with Gasteiger partial charge in [-0.1, -0.05) is 59.3 Å². The molecule has 1 saturated heterocycles. The molecule has 114 valence electrons. The monoisotopic (exact) mass is 309 g/mol. The van der Waals surface area contributed by atoms with Gasteiger partial charge in [-0.15, -0.1) is 0 Å². The quantitative estimate of drug-likeness (QED) is 0.834. The summed E-state index contributed by atoms with van der Waals surface area (Å²) in [4.78, 5) is 2.70. The van der Waals surface area contributed by atoms with Crippen molar-refractivity contribution in [1.29, 1.82) is 0 Å². The summed E-state index contributed by atoms with van der Waals surface area (Å²) in [6, 6.07) is 15.4. The Morgan fingerprint density at radius 1 is 0.955 bits per heavy atom. The summed E-state index contributed by atoms with van der Waals surface area (Å²) in [6.07, 6.45) is 4.73. The summed E-state index contributed by atoms with van der Waals surface area (Å²) >= 11 is 1.88. The SMILES string of the molecule is Cc1ccc(Sc2ccccc2C=C2CCNCC2)c(C)c1. The van der Waals surface area contributed by atoms with Crippen LogP contribution in [0.4, 0.5) is 0 Å². The highest BCUT2D eigenvalue weighted by Crippen LogP contribution is 2.34. The molecule has 1 aliphatic rings. The third-order valence-corrected chi connectivity index (χ3v) is 5.34. The first-order valence-electron chi connectivity index (χ1n) is 7.97. The zero-order valence-corrected chi connectivity index (χ0v) is 14.2. The van der Waals surface area contributed by atoms with Crippen LogP contribution in [-0.2, 0) is 0 Å². The Morgan fingerprint density at radius 3 is 2.50 bits per heavy atom. The first-order chi connectivity index (χ1) is 10.7. The number of rotatable bonds is 3. The summed E-state index contributed by atoms with van der Waals surface area (Å²) in [5.74, 6) is 0. The topological polar surface area (TPSA) is 12.0 Å². The lowest BCUT2D eigenvalue weighted by Crippen LogP contribution is -2.22. The molecule has 22 heavy (non-hydrogen) atoms. The fourth-order valence-corrected chi connectivity index (χ4v) is 3.82.